The van der Waals surface area contributed by atoms with Crippen LogP contribution < -0.4 is 11.3 Å². The molecular weight excluding hydrogens is 407 g/mol. The summed E-state index contributed by atoms with van der Waals surface area (Å²) in [6.45, 7) is 0. The Kier molecular flexibility index (Phi) is 5.67. The Morgan fingerprint density at radius 1 is 1.16 bits per heavy atom. The second kappa shape index (κ2) is 8.13. The molecule has 0 aliphatic heterocycles. The number of nitrogens with two attached hydrogens (primary N) is 1. The highest BCUT2D eigenvalue weighted by molar-refractivity contribution is 9.10. The third kappa shape index (κ3) is 4.80. The van der Waals surface area contributed by atoms with Crippen LogP contribution in [0.4, 0.5) is 10.3 Å². The van der Waals surface area contributed by atoms with E-state index in [0.29, 0.717) is 16.9 Å². The van der Waals surface area contributed by atoms with Crippen LogP contribution in [0.5, 0.6) is 0 Å². The summed E-state index contributed by atoms with van der Waals surface area (Å²) in [4.78, 5) is 0. The van der Waals surface area contributed by atoms with E-state index >= 15 is 0 Å². The van der Waals surface area contributed by atoms with Crippen LogP contribution >= 0.6 is 27.7 Å². The van der Waals surface area contributed by atoms with E-state index in [4.69, 9.17) is 5.84 Å². The largest absolute Gasteiger partial charge is 0.334 e. The Labute approximate surface area is 156 Å². The summed E-state index contributed by atoms with van der Waals surface area (Å²) < 4.78 is 15.2. The first kappa shape index (κ1) is 17.4. The topological polar surface area (TPSA) is 81.1 Å². The van der Waals surface area contributed by atoms with E-state index in [1.165, 1.54) is 28.6 Å². The normalized spacial score (nSPS) is 11.1. The fourth-order valence-electron chi connectivity index (χ4n) is 1.89. The van der Waals surface area contributed by atoms with E-state index < -0.39 is 0 Å². The smallest absolute Gasteiger partial charge is 0.264 e. The van der Waals surface area contributed by atoms with Gasteiger partial charge in [-0.05, 0) is 35.4 Å². The van der Waals surface area contributed by atoms with Crippen LogP contribution in [0.1, 0.15) is 11.1 Å². The van der Waals surface area contributed by atoms with Crippen molar-refractivity contribution < 1.29 is 4.39 Å². The van der Waals surface area contributed by atoms with Crippen molar-refractivity contribution in [1.29, 1.82) is 0 Å². The van der Waals surface area contributed by atoms with Crippen LogP contribution in [-0.4, -0.2) is 21.1 Å². The average Bonchev–Trinajstić information content (AvgIpc) is 2.96. The minimum Gasteiger partial charge on any atom is -0.334 e. The Morgan fingerprint density at radius 2 is 1.88 bits per heavy atom. The maximum Gasteiger partial charge on any atom is 0.264 e. The second-order valence-corrected chi connectivity index (χ2v) is 6.87. The summed E-state index contributed by atoms with van der Waals surface area (Å²) in [6.07, 6.45) is 1.66. The van der Waals surface area contributed by atoms with Gasteiger partial charge >= 0.3 is 0 Å². The molecule has 3 aromatic rings. The summed E-state index contributed by atoms with van der Waals surface area (Å²) in [5.41, 5.74) is 4.67. The van der Waals surface area contributed by atoms with Gasteiger partial charge in [0.2, 0.25) is 5.16 Å². The monoisotopic (exact) mass is 420 g/mol. The molecule has 0 saturated heterocycles. The quantitative estimate of drug-likeness (QED) is 0.275. The van der Waals surface area contributed by atoms with Crippen molar-refractivity contribution in [3.63, 3.8) is 0 Å². The number of rotatable bonds is 6. The Hall–Kier alpha value is -2.39. The maximum atomic E-state index is 12.9. The van der Waals surface area contributed by atoms with Gasteiger partial charge in [-0.1, -0.05) is 52.0 Å². The summed E-state index contributed by atoms with van der Waals surface area (Å²) in [5, 5.41) is 12.6. The fourth-order valence-corrected chi connectivity index (χ4v) is 2.97. The molecule has 128 valence electrons. The molecule has 9 heteroatoms. The molecule has 1 heterocycles. The molecule has 0 amide bonds. The molecule has 25 heavy (non-hydrogen) atoms. The van der Waals surface area contributed by atoms with Gasteiger partial charge in [0, 0.05) is 10.2 Å². The minimum absolute atomic E-state index is 0.258. The molecule has 0 atom stereocenters. The molecule has 0 bridgehead atoms. The lowest BCUT2D eigenvalue weighted by atomic mass is 10.2. The minimum atomic E-state index is -0.258. The molecule has 0 radical (unpaired) electrons. The van der Waals surface area contributed by atoms with Crippen LogP contribution in [0.25, 0.3) is 0 Å². The third-order valence-corrected chi connectivity index (χ3v) is 4.74. The maximum absolute atomic E-state index is 12.9. The molecule has 3 N–H and O–H groups in total. The van der Waals surface area contributed by atoms with Crippen molar-refractivity contribution in [2.75, 3.05) is 11.3 Å². The summed E-state index contributed by atoms with van der Waals surface area (Å²) in [7, 11) is 0. The molecular formula is C16H14BrFN6S. The highest BCUT2D eigenvalue weighted by Gasteiger charge is 2.09. The van der Waals surface area contributed by atoms with Crippen LogP contribution in [0.15, 0.2) is 63.3 Å². The lowest BCUT2D eigenvalue weighted by molar-refractivity contribution is 0.627. The summed E-state index contributed by atoms with van der Waals surface area (Å²) in [5.74, 6) is 6.64. The molecule has 3 rings (SSSR count). The van der Waals surface area contributed by atoms with Gasteiger partial charge in [0.15, 0.2) is 0 Å². The first-order valence-corrected chi connectivity index (χ1v) is 9.02. The van der Waals surface area contributed by atoms with Crippen molar-refractivity contribution in [3.8, 4) is 0 Å². The van der Waals surface area contributed by atoms with Crippen LogP contribution in [-0.2, 0) is 5.75 Å². The molecule has 0 spiro atoms. The number of thioether (sulfide) groups is 1. The number of hydrogen-bond acceptors (Lipinski definition) is 6. The molecule has 1 aromatic heterocycles. The standard InChI is InChI=1S/C16H14BrFN6S/c17-13-5-1-11(2-6-13)9-20-21-15-22-23-16(24(15)19)25-10-12-3-7-14(18)8-4-12/h1-9H,10,19H2,(H,21,22)/b20-9+. The molecule has 0 aliphatic carbocycles. The van der Waals surface area contributed by atoms with Crippen molar-refractivity contribution >= 4 is 39.9 Å². The molecule has 2 aromatic carbocycles. The van der Waals surface area contributed by atoms with Gasteiger partial charge in [-0.2, -0.15) is 5.10 Å². The van der Waals surface area contributed by atoms with Gasteiger partial charge < -0.3 is 5.84 Å². The summed E-state index contributed by atoms with van der Waals surface area (Å²) in [6, 6.07) is 14.0. The summed E-state index contributed by atoms with van der Waals surface area (Å²) >= 11 is 4.78. The fraction of sp³-hybridized carbons (Fsp3) is 0.0625. The number of aromatic nitrogens is 3. The zero-order chi connectivity index (χ0) is 17.6. The van der Waals surface area contributed by atoms with E-state index in [2.05, 4.69) is 36.7 Å². The molecule has 6 nitrogen and oxygen atoms in total. The average molecular weight is 421 g/mol. The van der Waals surface area contributed by atoms with E-state index in [1.54, 1.807) is 18.3 Å². The van der Waals surface area contributed by atoms with E-state index in [1.807, 2.05) is 24.3 Å². The SMILES string of the molecule is Nn1c(N/N=C/c2ccc(Br)cc2)nnc1SCc1ccc(F)cc1. The molecule has 0 unspecified atom stereocenters. The Morgan fingerprint density at radius 3 is 2.60 bits per heavy atom. The predicted molar refractivity (Wildman–Crippen MR) is 101 cm³/mol. The predicted octanol–water partition coefficient (Wildman–Crippen LogP) is 3.63. The van der Waals surface area contributed by atoms with Gasteiger partial charge in [-0.3, -0.25) is 0 Å². The number of hydrazone groups is 1. The van der Waals surface area contributed by atoms with Gasteiger partial charge in [0.05, 0.1) is 6.21 Å². The van der Waals surface area contributed by atoms with E-state index in [9.17, 15) is 4.39 Å². The first-order valence-electron chi connectivity index (χ1n) is 7.24. The first-order chi connectivity index (χ1) is 12.1. The highest BCUT2D eigenvalue weighted by Crippen LogP contribution is 2.21. The number of halogens is 2. The Balaban J connectivity index is 1.58. The zero-order valence-electron chi connectivity index (χ0n) is 12.9. The van der Waals surface area contributed by atoms with E-state index in [0.717, 1.165) is 15.6 Å². The van der Waals surface area contributed by atoms with Crippen LogP contribution in [0.2, 0.25) is 0 Å². The lowest BCUT2D eigenvalue weighted by Crippen LogP contribution is -2.13. The number of hydrogen-bond donors (Lipinski definition) is 2. The lowest BCUT2D eigenvalue weighted by Gasteiger charge is -2.03. The van der Waals surface area contributed by atoms with Gasteiger partial charge in [-0.15, -0.1) is 10.2 Å². The van der Waals surface area contributed by atoms with Crippen molar-refractivity contribution in [3.05, 3.63) is 69.9 Å². The van der Waals surface area contributed by atoms with Crippen molar-refractivity contribution in [2.24, 2.45) is 5.10 Å². The number of anilines is 1. The van der Waals surface area contributed by atoms with Crippen molar-refractivity contribution in [1.82, 2.24) is 14.9 Å². The van der Waals surface area contributed by atoms with Crippen LogP contribution in [0.3, 0.4) is 0 Å². The number of nitrogens with one attached hydrogen (secondary N) is 1. The van der Waals surface area contributed by atoms with Gasteiger partial charge in [-0.25, -0.2) is 14.5 Å². The van der Waals surface area contributed by atoms with Gasteiger partial charge in [0.1, 0.15) is 5.82 Å². The van der Waals surface area contributed by atoms with Crippen molar-refractivity contribution in [2.45, 2.75) is 10.9 Å². The van der Waals surface area contributed by atoms with Gasteiger partial charge in [0.25, 0.3) is 5.95 Å². The Bertz CT molecular complexity index is 863. The number of nitrogen functional groups attached to an aromatic ring is 1. The zero-order valence-corrected chi connectivity index (χ0v) is 15.3. The number of benzene rings is 2. The van der Waals surface area contributed by atoms with E-state index in [-0.39, 0.29) is 5.82 Å². The third-order valence-electron chi connectivity index (χ3n) is 3.19. The molecule has 0 saturated carbocycles. The molecule has 0 aliphatic rings. The second-order valence-electron chi connectivity index (χ2n) is 5.01. The highest BCUT2D eigenvalue weighted by atomic mass is 79.9. The number of nitrogens with zero attached hydrogens (tertiary/aromatic N) is 4. The molecule has 0 fully saturated rings. The van der Waals surface area contributed by atoms with Crippen LogP contribution in [0, 0.1) is 5.82 Å².